The van der Waals surface area contributed by atoms with E-state index < -0.39 is 10.0 Å². The third-order valence-electron chi connectivity index (χ3n) is 5.29. The van der Waals surface area contributed by atoms with Crippen LogP contribution in [0, 0.1) is 20.8 Å². The predicted octanol–water partition coefficient (Wildman–Crippen LogP) is 3.71. The van der Waals surface area contributed by atoms with Crippen molar-refractivity contribution in [3.05, 3.63) is 71.5 Å². The van der Waals surface area contributed by atoms with Crippen molar-refractivity contribution in [2.75, 3.05) is 31.1 Å². The molecule has 31 heavy (non-hydrogen) atoms. The van der Waals surface area contributed by atoms with Gasteiger partial charge in [-0.1, -0.05) is 30.3 Å². The van der Waals surface area contributed by atoms with Gasteiger partial charge in [0.1, 0.15) is 17.4 Å². The summed E-state index contributed by atoms with van der Waals surface area (Å²) >= 11 is 0. The van der Waals surface area contributed by atoms with Crippen molar-refractivity contribution >= 4 is 15.8 Å². The molecule has 2 aromatic carbocycles. The molecule has 8 heteroatoms. The Morgan fingerprint density at radius 2 is 1.58 bits per heavy atom. The third-order valence-corrected chi connectivity index (χ3v) is 7.33. The highest BCUT2D eigenvalue weighted by atomic mass is 32.2. The molecule has 0 unspecified atom stereocenters. The number of hydrogen-bond donors (Lipinski definition) is 0. The predicted molar refractivity (Wildman–Crippen MR) is 120 cm³/mol. The van der Waals surface area contributed by atoms with Gasteiger partial charge in [0, 0.05) is 32.2 Å². The Morgan fingerprint density at radius 1 is 0.871 bits per heavy atom. The van der Waals surface area contributed by atoms with Crippen LogP contribution in [0.3, 0.4) is 0 Å². The molecule has 0 atom stereocenters. The molecular weight excluding hydrogens is 412 g/mol. The molecule has 2 heterocycles. The van der Waals surface area contributed by atoms with E-state index in [0.717, 1.165) is 16.9 Å². The van der Waals surface area contributed by atoms with Gasteiger partial charge in [0.25, 0.3) is 0 Å². The molecule has 1 aliphatic heterocycles. The van der Waals surface area contributed by atoms with Gasteiger partial charge in [0.2, 0.25) is 15.9 Å². The highest BCUT2D eigenvalue weighted by Gasteiger charge is 2.30. The lowest BCUT2D eigenvalue weighted by molar-refractivity contribution is 0.382. The van der Waals surface area contributed by atoms with Gasteiger partial charge in [0.05, 0.1) is 4.90 Å². The molecule has 0 radical (unpaired) electrons. The summed E-state index contributed by atoms with van der Waals surface area (Å²) in [4.78, 5) is 11.4. The van der Waals surface area contributed by atoms with E-state index in [1.54, 1.807) is 16.4 Å². The highest BCUT2D eigenvalue weighted by molar-refractivity contribution is 7.89. The van der Waals surface area contributed by atoms with Crippen LogP contribution in [-0.4, -0.2) is 48.9 Å². The number of rotatable bonds is 5. The maximum absolute atomic E-state index is 13.2. The van der Waals surface area contributed by atoms with Gasteiger partial charge in [-0.25, -0.2) is 13.4 Å². The van der Waals surface area contributed by atoms with E-state index in [4.69, 9.17) is 4.74 Å². The van der Waals surface area contributed by atoms with Gasteiger partial charge in [-0.2, -0.15) is 9.29 Å². The van der Waals surface area contributed by atoms with Gasteiger partial charge < -0.3 is 9.64 Å². The largest absolute Gasteiger partial charge is 0.439 e. The molecule has 0 saturated carbocycles. The molecule has 0 N–H and O–H groups in total. The first kappa shape index (κ1) is 21.3. The Morgan fingerprint density at radius 3 is 2.29 bits per heavy atom. The molecule has 0 spiro atoms. The maximum atomic E-state index is 13.2. The van der Waals surface area contributed by atoms with Crippen LogP contribution < -0.4 is 9.64 Å². The molecule has 0 amide bonds. The summed E-state index contributed by atoms with van der Waals surface area (Å²) in [5.74, 6) is 2.52. The number of aromatic nitrogens is 2. The first-order valence-electron chi connectivity index (χ1n) is 10.2. The lowest BCUT2D eigenvalue weighted by atomic mass is 10.2. The van der Waals surface area contributed by atoms with E-state index in [0.29, 0.717) is 48.5 Å². The second-order valence-corrected chi connectivity index (χ2v) is 9.59. The van der Waals surface area contributed by atoms with Crippen molar-refractivity contribution in [1.29, 1.82) is 0 Å². The summed E-state index contributed by atoms with van der Waals surface area (Å²) in [5, 5.41) is 0. The topological polar surface area (TPSA) is 75.6 Å². The number of hydrogen-bond acceptors (Lipinski definition) is 6. The lowest BCUT2D eigenvalue weighted by Crippen LogP contribution is -2.49. The fourth-order valence-corrected chi connectivity index (χ4v) is 5.36. The Hall–Kier alpha value is -2.97. The van der Waals surface area contributed by atoms with E-state index in [2.05, 4.69) is 14.9 Å². The maximum Gasteiger partial charge on any atom is 0.243 e. The minimum absolute atomic E-state index is 0.386. The molecule has 3 aromatic rings. The van der Waals surface area contributed by atoms with Crippen molar-refractivity contribution in [1.82, 2.24) is 14.3 Å². The minimum Gasteiger partial charge on any atom is -0.439 e. The van der Waals surface area contributed by atoms with E-state index in [9.17, 15) is 8.42 Å². The van der Waals surface area contributed by atoms with Crippen LogP contribution in [0.25, 0.3) is 0 Å². The summed E-state index contributed by atoms with van der Waals surface area (Å²) in [6.07, 6.45) is 0. The normalized spacial score (nSPS) is 15.1. The zero-order valence-corrected chi connectivity index (χ0v) is 18.8. The highest BCUT2D eigenvalue weighted by Crippen LogP contribution is 2.26. The van der Waals surface area contributed by atoms with Crippen molar-refractivity contribution < 1.29 is 13.2 Å². The molecular formula is C23H26N4O3S. The average molecular weight is 439 g/mol. The monoisotopic (exact) mass is 438 g/mol. The van der Waals surface area contributed by atoms with Gasteiger partial charge >= 0.3 is 0 Å². The zero-order valence-electron chi connectivity index (χ0n) is 17.9. The van der Waals surface area contributed by atoms with Gasteiger partial charge in [-0.3, -0.25) is 0 Å². The second-order valence-electron chi connectivity index (χ2n) is 7.69. The number of benzene rings is 2. The lowest BCUT2D eigenvalue weighted by Gasteiger charge is -2.35. The summed E-state index contributed by atoms with van der Waals surface area (Å²) < 4.78 is 33.8. The van der Waals surface area contributed by atoms with Gasteiger partial charge in [0.15, 0.2) is 0 Å². The third kappa shape index (κ3) is 4.70. The van der Waals surface area contributed by atoms with Crippen molar-refractivity contribution in [2.24, 2.45) is 0 Å². The molecule has 162 valence electrons. The summed E-state index contributed by atoms with van der Waals surface area (Å²) in [6, 6.07) is 16.8. The Balaban J connectivity index is 1.49. The number of nitrogens with zero attached hydrogens (tertiary/aromatic N) is 4. The number of aryl methyl sites for hydroxylation is 3. The van der Waals surface area contributed by atoms with Crippen molar-refractivity contribution in [2.45, 2.75) is 25.7 Å². The molecule has 1 saturated heterocycles. The molecule has 4 rings (SSSR count). The fraction of sp³-hybridized carbons (Fsp3) is 0.304. The fourth-order valence-electron chi connectivity index (χ4n) is 3.63. The molecule has 1 fully saturated rings. The summed E-state index contributed by atoms with van der Waals surface area (Å²) in [5.41, 5.74) is 1.70. The van der Waals surface area contributed by atoms with E-state index in [1.165, 1.54) is 0 Å². The van der Waals surface area contributed by atoms with Gasteiger partial charge in [-0.05, 0) is 50.1 Å². The smallest absolute Gasteiger partial charge is 0.243 e. The van der Waals surface area contributed by atoms with Crippen LogP contribution in [-0.2, 0) is 10.0 Å². The van der Waals surface area contributed by atoms with E-state index in [1.807, 2.05) is 63.2 Å². The second kappa shape index (κ2) is 8.64. The number of piperazine rings is 1. The Labute approximate surface area is 183 Å². The van der Waals surface area contributed by atoms with Crippen LogP contribution in [0.2, 0.25) is 0 Å². The van der Waals surface area contributed by atoms with Crippen LogP contribution in [0.1, 0.15) is 17.0 Å². The number of anilines is 1. The molecule has 1 aromatic heterocycles. The van der Waals surface area contributed by atoms with E-state index in [-0.39, 0.29) is 0 Å². The van der Waals surface area contributed by atoms with Crippen LogP contribution in [0.5, 0.6) is 11.6 Å². The molecule has 7 nitrogen and oxygen atoms in total. The van der Waals surface area contributed by atoms with Crippen molar-refractivity contribution in [3.8, 4) is 11.6 Å². The summed E-state index contributed by atoms with van der Waals surface area (Å²) in [6.45, 7) is 7.45. The number of ether oxygens (including phenoxy) is 1. The Bertz CT molecular complexity index is 1170. The van der Waals surface area contributed by atoms with E-state index >= 15 is 0 Å². The molecule has 0 aliphatic carbocycles. The number of para-hydroxylation sites is 1. The van der Waals surface area contributed by atoms with Gasteiger partial charge in [-0.15, -0.1) is 0 Å². The first-order valence-corrected chi connectivity index (χ1v) is 11.7. The molecule has 0 bridgehead atoms. The first-order chi connectivity index (χ1) is 14.8. The quantitative estimate of drug-likeness (QED) is 0.605. The standard InChI is InChI=1S/C23H26N4O3S/c1-17-9-10-18(2)21(15-17)31(28,29)27-13-11-26(12-14-27)22-16-23(25-19(3)24-22)30-20-7-5-4-6-8-20/h4-10,15-16H,11-14H2,1-3H3. The van der Waals surface area contributed by atoms with Crippen LogP contribution >= 0.6 is 0 Å². The summed E-state index contributed by atoms with van der Waals surface area (Å²) in [7, 11) is -3.53. The van der Waals surface area contributed by atoms with Crippen LogP contribution in [0.15, 0.2) is 59.5 Å². The molecule has 1 aliphatic rings. The van der Waals surface area contributed by atoms with Crippen molar-refractivity contribution in [3.63, 3.8) is 0 Å². The SMILES string of the molecule is Cc1ccc(C)c(S(=O)(=O)N2CCN(c3cc(Oc4ccccc4)nc(C)n3)CC2)c1. The minimum atomic E-state index is -3.53. The Kier molecular flexibility index (Phi) is 5.93. The average Bonchev–Trinajstić information content (AvgIpc) is 2.76. The van der Waals surface area contributed by atoms with Crippen LogP contribution in [0.4, 0.5) is 5.82 Å². The zero-order chi connectivity index (χ0) is 22.0. The number of sulfonamides is 1.